The maximum Gasteiger partial charge on any atom is 0.303 e. The first-order chi connectivity index (χ1) is 7.62. The molecular weight excluding hydrogens is 192 g/mol. The van der Waals surface area contributed by atoms with Crippen LogP contribution in [0.4, 0.5) is 0 Å². The summed E-state index contributed by atoms with van der Waals surface area (Å²) in [6, 6.07) is 0. The largest absolute Gasteiger partial charge is 0.481 e. The minimum absolute atomic E-state index is 0.0829. The monoisotopic (exact) mass is 211 g/mol. The van der Waals surface area contributed by atoms with E-state index >= 15 is 0 Å². The molecular formula is C8H14O2S2. The van der Waals surface area contributed by atoms with Gasteiger partial charge in [0.1, 0.15) is 0 Å². The van der Waals surface area contributed by atoms with Crippen LogP contribution in [0.15, 0.2) is 0 Å². The van der Waals surface area contributed by atoms with Gasteiger partial charge in [0.05, 0.1) is 0 Å². The van der Waals surface area contributed by atoms with Gasteiger partial charge in [0, 0.05) is 24.3 Å². The standard InChI is InChI=1S/C8H14O2S2/c9-8(10)4-2-1-3-7-5-6-11-12-7/h7H,1-6H2,(H,9,10)/i3D2,5D2,7D. The Labute approximate surface area is 87.9 Å². The molecule has 0 spiro atoms. The van der Waals surface area contributed by atoms with E-state index in [0.717, 1.165) is 21.6 Å². The smallest absolute Gasteiger partial charge is 0.303 e. The molecule has 1 saturated heterocycles. The molecule has 0 aromatic carbocycles. The van der Waals surface area contributed by atoms with E-state index in [9.17, 15) is 4.79 Å². The normalized spacial score (nSPS) is 40.5. The molecule has 0 amide bonds. The van der Waals surface area contributed by atoms with Gasteiger partial charge in [0.25, 0.3) is 0 Å². The molecule has 1 rings (SSSR count). The lowest BCUT2D eigenvalue weighted by atomic mass is 10.1. The fourth-order valence-electron chi connectivity index (χ4n) is 0.746. The molecule has 1 aliphatic rings. The lowest BCUT2D eigenvalue weighted by molar-refractivity contribution is -0.137. The predicted octanol–water partition coefficient (Wildman–Crippen LogP) is 2.79. The summed E-state index contributed by atoms with van der Waals surface area (Å²) in [6.45, 7) is 0. The van der Waals surface area contributed by atoms with E-state index in [4.69, 9.17) is 12.0 Å². The molecule has 70 valence electrons. The number of aliphatic carboxylic acids is 1. The van der Waals surface area contributed by atoms with Crippen LogP contribution in [0, 0.1) is 0 Å². The molecule has 0 radical (unpaired) electrons. The lowest BCUT2D eigenvalue weighted by Gasteiger charge is -2.04. The van der Waals surface area contributed by atoms with E-state index in [0.29, 0.717) is 0 Å². The van der Waals surface area contributed by atoms with Crippen LogP contribution in [0.3, 0.4) is 0 Å². The summed E-state index contributed by atoms with van der Waals surface area (Å²) < 4.78 is 39.1. The number of rotatable bonds is 5. The maximum absolute atomic E-state index is 10.4. The Morgan fingerprint density at radius 2 is 2.67 bits per heavy atom. The first kappa shape index (κ1) is 5.15. The quantitative estimate of drug-likeness (QED) is 0.710. The molecule has 1 unspecified atom stereocenters. The van der Waals surface area contributed by atoms with Crippen LogP contribution in [0.1, 0.15) is 38.9 Å². The minimum atomic E-state index is -2.04. The van der Waals surface area contributed by atoms with Gasteiger partial charge < -0.3 is 5.11 Å². The molecule has 2 nitrogen and oxygen atoms in total. The summed E-state index contributed by atoms with van der Waals surface area (Å²) in [5.74, 6) is -0.920. The molecule has 0 aromatic heterocycles. The summed E-state index contributed by atoms with van der Waals surface area (Å²) >= 11 is 0. The predicted molar refractivity (Wildman–Crippen MR) is 54.6 cm³/mol. The van der Waals surface area contributed by atoms with Crippen LogP contribution in [-0.4, -0.2) is 22.1 Å². The van der Waals surface area contributed by atoms with Gasteiger partial charge in [0.2, 0.25) is 0 Å². The van der Waals surface area contributed by atoms with E-state index in [1.807, 2.05) is 0 Å². The molecule has 0 saturated carbocycles. The van der Waals surface area contributed by atoms with E-state index < -0.39 is 23.9 Å². The first-order valence-corrected chi connectivity index (χ1v) is 5.97. The highest BCUT2D eigenvalue weighted by atomic mass is 33.1. The van der Waals surface area contributed by atoms with Gasteiger partial charge in [-0.25, -0.2) is 0 Å². The van der Waals surface area contributed by atoms with Crippen molar-refractivity contribution in [2.24, 2.45) is 0 Å². The van der Waals surface area contributed by atoms with Crippen LogP contribution >= 0.6 is 21.6 Å². The topological polar surface area (TPSA) is 37.3 Å². The van der Waals surface area contributed by atoms with E-state index in [1.165, 1.54) is 0 Å². The second kappa shape index (κ2) is 5.75. The highest BCUT2D eigenvalue weighted by molar-refractivity contribution is 8.77. The Kier molecular flexibility index (Phi) is 2.47. The maximum atomic E-state index is 10.4. The molecule has 1 atom stereocenters. The second-order valence-electron chi connectivity index (χ2n) is 2.28. The van der Waals surface area contributed by atoms with Crippen molar-refractivity contribution in [2.45, 2.75) is 37.2 Å². The van der Waals surface area contributed by atoms with Crippen molar-refractivity contribution < 1.29 is 16.8 Å². The zero-order valence-corrected chi connectivity index (χ0v) is 8.13. The van der Waals surface area contributed by atoms with E-state index in [-0.39, 0.29) is 25.0 Å². The SMILES string of the molecule is [2H]C([2H])(CCCC(=O)O)C1([2H])SSCC1([2H])[2H]. The third-order valence-corrected chi connectivity index (χ3v) is 3.33. The van der Waals surface area contributed by atoms with Gasteiger partial charge in [-0.1, -0.05) is 28.0 Å². The highest BCUT2D eigenvalue weighted by Crippen LogP contribution is 2.39. The number of hydrogen-bond donors (Lipinski definition) is 1. The van der Waals surface area contributed by atoms with Gasteiger partial charge in [-0.15, -0.1) is 0 Å². The molecule has 1 N–H and O–H groups in total. The molecule has 1 fully saturated rings. The summed E-state index contributed by atoms with van der Waals surface area (Å²) in [4.78, 5) is 10.4. The number of hydrogen-bond acceptors (Lipinski definition) is 3. The van der Waals surface area contributed by atoms with Crippen LogP contribution in [0.5, 0.6) is 0 Å². The van der Waals surface area contributed by atoms with Crippen molar-refractivity contribution in [1.82, 2.24) is 0 Å². The zero-order valence-electron chi connectivity index (χ0n) is 11.5. The Hall–Kier alpha value is 0.170. The van der Waals surface area contributed by atoms with Crippen LogP contribution in [0.2, 0.25) is 0 Å². The second-order valence-corrected chi connectivity index (χ2v) is 4.58. The van der Waals surface area contributed by atoms with Gasteiger partial charge in [-0.2, -0.15) is 0 Å². The van der Waals surface area contributed by atoms with E-state index in [2.05, 4.69) is 0 Å². The Morgan fingerprint density at radius 1 is 1.83 bits per heavy atom. The summed E-state index contributed by atoms with van der Waals surface area (Å²) in [5.41, 5.74) is 0. The summed E-state index contributed by atoms with van der Waals surface area (Å²) in [7, 11) is 2.06. The fraction of sp³-hybridized carbons (Fsp3) is 0.875. The molecule has 0 aliphatic carbocycles. The summed E-state index contributed by atoms with van der Waals surface area (Å²) in [5, 5.41) is 6.62. The Bertz CT molecular complexity index is 312. The number of carboxylic acids is 1. The average molecular weight is 211 g/mol. The molecule has 1 aliphatic heterocycles. The molecule has 12 heavy (non-hydrogen) atoms. The Balaban J connectivity index is 2.71. The van der Waals surface area contributed by atoms with Crippen molar-refractivity contribution in [3.8, 4) is 0 Å². The molecule has 0 aromatic rings. The third kappa shape index (κ3) is 4.26. The van der Waals surface area contributed by atoms with Crippen molar-refractivity contribution in [1.29, 1.82) is 0 Å². The average Bonchev–Trinajstić information content (AvgIpc) is 2.41. The third-order valence-electron chi connectivity index (χ3n) is 1.29. The molecule has 4 heteroatoms. The van der Waals surface area contributed by atoms with Crippen LogP contribution in [-0.2, 0) is 4.79 Å². The lowest BCUT2D eigenvalue weighted by Crippen LogP contribution is -1.99. The summed E-state index contributed by atoms with van der Waals surface area (Å²) in [6.07, 6.45) is -4.11. The number of carbonyl (C=O) groups is 1. The highest BCUT2D eigenvalue weighted by Gasteiger charge is 2.15. The minimum Gasteiger partial charge on any atom is -0.481 e. The van der Waals surface area contributed by atoms with Crippen molar-refractivity contribution in [3.05, 3.63) is 0 Å². The first-order valence-electron chi connectivity index (χ1n) is 6.15. The van der Waals surface area contributed by atoms with Crippen LogP contribution < -0.4 is 0 Å². The van der Waals surface area contributed by atoms with Crippen molar-refractivity contribution in [3.63, 3.8) is 0 Å². The Morgan fingerprint density at radius 3 is 3.25 bits per heavy atom. The van der Waals surface area contributed by atoms with Gasteiger partial charge in [0.15, 0.2) is 0 Å². The molecule has 1 heterocycles. The van der Waals surface area contributed by atoms with Gasteiger partial charge in [-0.3, -0.25) is 4.79 Å². The van der Waals surface area contributed by atoms with Crippen LogP contribution in [0.25, 0.3) is 0 Å². The van der Waals surface area contributed by atoms with Gasteiger partial charge in [-0.05, 0) is 19.2 Å². The van der Waals surface area contributed by atoms with Gasteiger partial charge >= 0.3 is 5.97 Å². The fourth-order valence-corrected chi connectivity index (χ4v) is 2.57. The zero-order chi connectivity index (χ0) is 13.3. The van der Waals surface area contributed by atoms with Crippen molar-refractivity contribution in [2.75, 3.05) is 5.75 Å². The van der Waals surface area contributed by atoms with Crippen molar-refractivity contribution >= 4 is 27.6 Å². The molecule has 0 bridgehead atoms. The number of carboxylic acid groups (broad SMARTS) is 1. The van der Waals surface area contributed by atoms with E-state index in [1.54, 1.807) is 0 Å².